The largest absolute Gasteiger partial charge is 0.352 e. The van der Waals surface area contributed by atoms with E-state index in [1.165, 1.54) is 25.7 Å². The Morgan fingerprint density at radius 2 is 1.65 bits per heavy atom. The Morgan fingerprint density at radius 1 is 1.04 bits per heavy atom. The van der Waals surface area contributed by atoms with Gasteiger partial charge in [-0.1, -0.05) is 25.3 Å². The zero-order chi connectivity index (χ0) is 18.3. The SMILES string of the molecule is CC/C(C)=C/C(=O)NCC1C[C@H]2CC[C@@H](C1)N2C(=O)C1C2CCCCC21. The molecule has 3 unspecified atom stereocenters. The van der Waals surface area contributed by atoms with Gasteiger partial charge in [0.05, 0.1) is 0 Å². The van der Waals surface area contributed by atoms with E-state index in [2.05, 4.69) is 17.1 Å². The summed E-state index contributed by atoms with van der Waals surface area (Å²) in [5, 5.41) is 3.09. The van der Waals surface area contributed by atoms with E-state index in [0.717, 1.165) is 44.2 Å². The first kappa shape index (κ1) is 18.1. The Labute approximate surface area is 157 Å². The molecule has 4 heteroatoms. The number of fused-ring (bicyclic) bond motifs is 3. The molecule has 2 amide bonds. The number of rotatable bonds is 5. The van der Waals surface area contributed by atoms with Crippen molar-refractivity contribution in [3.8, 4) is 0 Å². The third-order valence-electron chi connectivity index (χ3n) is 7.53. The monoisotopic (exact) mass is 358 g/mol. The molecule has 2 aliphatic carbocycles. The molecular weight excluding hydrogens is 324 g/mol. The van der Waals surface area contributed by atoms with E-state index in [1.54, 1.807) is 6.08 Å². The van der Waals surface area contributed by atoms with Gasteiger partial charge in [0.25, 0.3) is 0 Å². The summed E-state index contributed by atoms with van der Waals surface area (Å²) >= 11 is 0. The van der Waals surface area contributed by atoms with Crippen molar-refractivity contribution < 1.29 is 9.59 Å². The molecule has 144 valence electrons. The van der Waals surface area contributed by atoms with Crippen LogP contribution in [0.1, 0.15) is 71.6 Å². The summed E-state index contributed by atoms with van der Waals surface area (Å²) in [7, 11) is 0. The minimum Gasteiger partial charge on any atom is -0.352 e. The first-order valence-corrected chi connectivity index (χ1v) is 10.9. The molecule has 0 aromatic rings. The van der Waals surface area contributed by atoms with E-state index in [1.807, 2.05) is 6.92 Å². The third-order valence-corrected chi connectivity index (χ3v) is 7.53. The van der Waals surface area contributed by atoms with Crippen molar-refractivity contribution in [1.82, 2.24) is 10.2 Å². The first-order valence-electron chi connectivity index (χ1n) is 10.9. The van der Waals surface area contributed by atoms with Crippen LogP contribution in [0.25, 0.3) is 0 Å². The lowest BCUT2D eigenvalue weighted by Gasteiger charge is -2.39. The van der Waals surface area contributed by atoms with Gasteiger partial charge in [0.15, 0.2) is 0 Å². The van der Waals surface area contributed by atoms with Gasteiger partial charge in [-0.3, -0.25) is 9.59 Å². The second-order valence-electron chi connectivity index (χ2n) is 9.20. The number of piperidine rings is 1. The molecule has 0 spiro atoms. The van der Waals surface area contributed by atoms with Gasteiger partial charge in [0, 0.05) is 30.6 Å². The smallest absolute Gasteiger partial charge is 0.243 e. The Kier molecular flexibility index (Phi) is 5.11. The molecule has 2 bridgehead atoms. The van der Waals surface area contributed by atoms with Gasteiger partial charge in [-0.15, -0.1) is 0 Å². The van der Waals surface area contributed by atoms with Crippen molar-refractivity contribution in [2.45, 2.75) is 83.7 Å². The molecule has 2 heterocycles. The second kappa shape index (κ2) is 7.36. The van der Waals surface area contributed by atoms with Crippen LogP contribution in [-0.2, 0) is 9.59 Å². The molecule has 0 aromatic heterocycles. The van der Waals surface area contributed by atoms with Gasteiger partial charge in [-0.05, 0) is 69.6 Å². The summed E-state index contributed by atoms with van der Waals surface area (Å²) < 4.78 is 0. The maximum absolute atomic E-state index is 13.2. The van der Waals surface area contributed by atoms with Gasteiger partial charge in [-0.25, -0.2) is 0 Å². The summed E-state index contributed by atoms with van der Waals surface area (Å²) in [4.78, 5) is 27.5. The Morgan fingerprint density at radius 3 is 2.23 bits per heavy atom. The lowest BCUT2D eigenvalue weighted by atomic mass is 9.90. The Balaban J connectivity index is 1.30. The van der Waals surface area contributed by atoms with Crippen molar-refractivity contribution in [3.05, 3.63) is 11.6 Å². The minimum absolute atomic E-state index is 0.0391. The normalized spacial score (nSPS) is 38.7. The maximum Gasteiger partial charge on any atom is 0.243 e. The number of carbonyl (C=O) groups is 2. The van der Waals surface area contributed by atoms with E-state index in [-0.39, 0.29) is 5.91 Å². The van der Waals surface area contributed by atoms with Gasteiger partial charge in [-0.2, -0.15) is 0 Å². The second-order valence-corrected chi connectivity index (χ2v) is 9.20. The molecule has 2 saturated carbocycles. The molecule has 5 atom stereocenters. The topological polar surface area (TPSA) is 49.4 Å². The molecule has 4 nitrogen and oxygen atoms in total. The lowest BCUT2D eigenvalue weighted by Crippen LogP contribution is -2.49. The summed E-state index contributed by atoms with van der Waals surface area (Å²) in [5.74, 6) is 2.83. The molecule has 0 aromatic carbocycles. The number of allylic oxidation sites excluding steroid dienone is 1. The zero-order valence-electron chi connectivity index (χ0n) is 16.4. The third kappa shape index (κ3) is 3.44. The van der Waals surface area contributed by atoms with Gasteiger partial charge in [0.2, 0.25) is 11.8 Å². The predicted octanol–water partition coefficient (Wildman–Crippen LogP) is 3.66. The molecule has 2 aliphatic heterocycles. The molecule has 4 rings (SSSR count). The summed E-state index contributed by atoms with van der Waals surface area (Å²) in [6.07, 6.45) is 12.3. The van der Waals surface area contributed by atoms with Crippen LogP contribution in [0.2, 0.25) is 0 Å². The number of nitrogens with one attached hydrogen (secondary N) is 1. The fourth-order valence-corrected chi connectivity index (χ4v) is 5.97. The molecule has 0 radical (unpaired) electrons. The van der Waals surface area contributed by atoms with Crippen LogP contribution in [0.5, 0.6) is 0 Å². The van der Waals surface area contributed by atoms with E-state index >= 15 is 0 Å². The highest BCUT2D eigenvalue weighted by Gasteiger charge is 2.58. The quantitative estimate of drug-likeness (QED) is 0.763. The van der Waals surface area contributed by atoms with Crippen molar-refractivity contribution in [2.24, 2.45) is 23.7 Å². The zero-order valence-corrected chi connectivity index (χ0v) is 16.4. The standard InChI is InChI=1S/C22H34N2O2/c1-3-14(2)10-20(25)23-13-15-11-16-8-9-17(12-15)24(16)22(26)21-18-6-4-5-7-19(18)21/h10,15-19,21H,3-9,11-13H2,1-2H3,(H,23,25)/b14-10+/t15?,16-,17+,18?,19?,21?. The number of hydrogen-bond acceptors (Lipinski definition) is 2. The predicted molar refractivity (Wildman–Crippen MR) is 102 cm³/mol. The Hall–Kier alpha value is -1.32. The number of hydrogen-bond donors (Lipinski definition) is 1. The fourth-order valence-electron chi connectivity index (χ4n) is 5.97. The van der Waals surface area contributed by atoms with Crippen LogP contribution in [0.15, 0.2) is 11.6 Å². The van der Waals surface area contributed by atoms with E-state index < -0.39 is 0 Å². The summed E-state index contributed by atoms with van der Waals surface area (Å²) in [5.41, 5.74) is 1.12. The van der Waals surface area contributed by atoms with Gasteiger partial charge < -0.3 is 10.2 Å². The van der Waals surface area contributed by atoms with Crippen LogP contribution in [0, 0.1) is 23.7 Å². The number of nitrogens with zero attached hydrogens (tertiary/aromatic N) is 1. The van der Waals surface area contributed by atoms with Gasteiger partial charge >= 0.3 is 0 Å². The molecule has 2 saturated heterocycles. The highest BCUT2D eigenvalue weighted by atomic mass is 16.2. The van der Waals surface area contributed by atoms with E-state index in [4.69, 9.17) is 0 Å². The first-order chi connectivity index (χ1) is 12.6. The van der Waals surface area contributed by atoms with E-state index in [0.29, 0.717) is 41.7 Å². The minimum atomic E-state index is 0.0391. The highest BCUT2D eigenvalue weighted by molar-refractivity contribution is 5.88. The maximum atomic E-state index is 13.2. The average Bonchev–Trinajstić information content (AvgIpc) is 3.31. The fraction of sp³-hybridized carbons (Fsp3) is 0.818. The molecule has 4 fully saturated rings. The number of amides is 2. The summed E-state index contributed by atoms with van der Waals surface area (Å²) in [6, 6.07) is 0.859. The lowest BCUT2D eigenvalue weighted by molar-refractivity contribution is -0.138. The highest BCUT2D eigenvalue weighted by Crippen LogP contribution is 2.57. The summed E-state index contributed by atoms with van der Waals surface area (Å²) in [6.45, 7) is 4.83. The average molecular weight is 359 g/mol. The van der Waals surface area contributed by atoms with Crippen LogP contribution < -0.4 is 5.32 Å². The van der Waals surface area contributed by atoms with Crippen LogP contribution in [0.4, 0.5) is 0 Å². The van der Waals surface area contributed by atoms with Crippen molar-refractivity contribution in [1.29, 1.82) is 0 Å². The molecule has 26 heavy (non-hydrogen) atoms. The van der Waals surface area contributed by atoms with Gasteiger partial charge in [0.1, 0.15) is 0 Å². The van der Waals surface area contributed by atoms with Crippen molar-refractivity contribution in [3.63, 3.8) is 0 Å². The van der Waals surface area contributed by atoms with Crippen LogP contribution in [-0.4, -0.2) is 35.3 Å². The molecule has 1 N–H and O–H groups in total. The number of carbonyl (C=O) groups excluding carboxylic acids is 2. The van der Waals surface area contributed by atoms with Crippen LogP contribution >= 0.6 is 0 Å². The van der Waals surface area contributed by atoms with Crippen molar-refractivity contribution in [2.75, 3.05) is 6.54 Å². The molecule has 4 aliphatic rings. The molecular formula is C22H34N2O2. The Bertz CT molecular complexity index is 573. The van der Waals surface area contributed by atoms with E-state index in [9.17, 15) is 9.59 Å². The van der Waals surface area contributed by atoms with Crippen molar-refractivity contribution >= 4 is 11.8 Å². The van der Waals surface area contributed by atoms with Crippen LogP contribution in [0.3, 0.4) is 0 Å².